The second-order valence-corrected chi connectivity index (χ2v) is 9.12. The van der Waals surface area contributed by atoms with Crippen LogP contribution in [-0.4, -0.2) is 23.6 Å². The minimum absolute atomic E-state index is 0.148. The third-order valence-electron chi connectivity index (χ3n) is 5.54. The van der Waals surface area contributed by atoms with Crippen LogP contribution in [0.2, 0.25) is 0 Å². The number of aryl methyl sites for hydroxylation is 3. The Morgan fingerprint density at radius 1 is 1.11 bits per heavy atom. The van der Waals surface area contributed by atoms with Gasteiger partial charge in [0.1, 0.15) is 4.90 Å². The van der Waals surface area contributed by atoms with Gasteiger partial charge in [-0.25, -0.2) is 8.42 Å². The van der Waals surface area contributed by atoms with Crippen molar-refractivity contribution in [2.24, 2.45) is 0 Å². The van der Waals surface area contributed by atoms with Gasteiger partial charge in [-0.2, -0.15) is 0 Å². The summed E-state index contributed by atoms with van der Waals surface area (Å²) in [5, 5.41) is 8.30. The minimum Gasteiger partial charge on any atom is -0.420 e. The fourth-order valence-corrected chi connectivity index (χ4v) is 5.14. The Kier molecular flexibility index (Phi) is 4.53. The van der Waals surface area contributed by atoms with Gasteiger partial charge >= 0.3 is 0 Å². The highest BCUT2D eigenvalue weighted by atomic mass is 32.2. The van der Waals surface area contributed by atoms with E-state index in [1.807, 2.05) is 32.9 Å². The number of aromatic amines is 1. The summed E-state index contributed by atoms with van der Waals surface area (Å²) in [6.45, 7) is 7.39. The van der Waals surface area contributed by atoms with E-state index in [1.54, 1.807) is 13.0 Å². The summed E-state index contributed by atoms with van der Waals surface area (Å²) in [5.74, 6) is 1.12. The third-order valence-corrected chi connectivity index (χ3v) is 7.08. The number of aromatic nitrogens is 3. The Labute approximate surface area is 164 Å². The normalized spacial score (nSPS) is 14.9. The molecule has 0 atom stereocenters. The molecule has 0 amide bonds. The first-order chi connectivity index (χ1) is 13.3. The van der Waals surface area contributed by atoms with E-state index in [2.05, 4.69) is 19.9 Å². The Bertz CT molecular complexity index is 1140. The van der Waals surface area contributed by atoms with Gasteiger partial charge in [0.25, 0.3) is 15.9 Å². The topological polar surface area (TPSA) is 101 Å². The monoisotopic (exact) mass is 400 g/mol. The summed E-state index contributed by atoms with van der Waals surface area (Å²) >= 11 is 0. The lowest BCUT2D eigenvalue weighted by molar-refractivity contribution is 0.338. The van der Waals surface area contributed by atoms with E-state index in [9.17, 15) is 8.42 Å². The molecule has 28 heavy (non-hydrogen) atoms. The number of hydrogen-bond acceptors (Lipinski definition) is 5. The molecule has 0 spiro atoms. The van der Waals surface area contributed by atoms with E-state index in [1.165, 1.54) is 0 Å². The molecule has 4 rings (SSSR count). The van der Waals surface area contributed by atoms with Crippen molar-refractivity contribution in [3.63, 3.8) is 0 Å². The summed E-state index contributed by atoms with van der Waals surface area (Å²) in [4.78, 5) is 3.26. The molecule has 148 valence electrons. The largest absolute Gasteiger partial charge is 0.420 e. The molecule has 1 saturated carbocycles. The number of hydrogen-bond donors (Lipinski definition) is 2. The van der Waals surface area contributed by atoms with Gasteiger partial charge in [-0.05, 0) is 57.7 Å². The standard InChI is InChI=1S/C20H24N4O3S/c1-11-7-5-10-16(12(11)2)24-28(25,26)18-14(4)21-13(3)17(18)20-23-22-19(27-20)15-8-6-9-15/h5,7,10,15,21,24H,6,8-9H2,1-4H3. The molecule has 0 bridgehead atoms. The van der Waals surface area contributed by atoms with Crippen LogP contribution in [0.25, 0.3) is 11.5 Å². The van der Waals surface area contributed by atoms with Crippen LogP contribution in [0.1, 0.15) is 53.6 Å². The molecule has 2 heterocycles. The third kappa shape index (κ3) is 3.11. The van der Waals surface area contributed by atoms with Gasteiger partial charge in [0.15, 0.2) is 0 Å². The number of sulfonamides is 1. The molecular weight excluding hydrogens is 376 g/mol. The van der Waals surface area contributed by atoms with E-state index in [0.717, 1.165) is 30.4 Å². The Hall–Kier alpha value is -2.61. The number of benzene rings is 1. The second-order valence-electron chi connectivity index (χ2n) is 7.51. The lowest BCUT2D eigenvalue weighted by Gasteiger charge is -2.20. The maximum Gasteiger partial charge on any atom is 0.264 e. The second kappa shape index (κ2) is 6.77. The number of rotatable bonds is 5. The van der Waals surface area contributed by atoms with E-state index >= 15 is 0 Å². The molecule has 0 unspecified atom stereocenters. The van der Waals surface area contributed by atoms with Crippen molar-refractivity contribution in [3.05, 3.63) is 46.6 Å². The predicted octanol–water partition coefficient (Wildman–Crippen LogP) is 4.37. The van der Waals surface area contributed by atoms with Crippen molar-refractivity contribution in [1.29, 1.82) is 0 Å². The first-order valence-corrected chi connectivity index (χ1v) is 10.9. The molecule has 3 aromatic rings. The lowest BCUT2D eigenvalue weighted by atomic mass is 9.85. The quantitative estimate of drug-likeness (QED) is 0.662. The van der Waals surface area contributed by atoms with E-state index in [0.29, 0.717) is 28.5 Å². The molecular formula is C20H24N4O3S. The van der Waals surface area contributed by atoms with E-state index in [-0.39, 0.29) is 16.7 Å². The van der Waals surface area contributed by atoms with Gasteiger partial charge in [-0.15, -0.1) is 10.2 Å². The van der Waals surface area contributed by atoms with Crippen LogP contribution in [0.15, 0.2) is 27.5 Å². The maximum atomic E-state index is 13.3. The van der Waals surface area contributed by atoms with Crippen molar-refractivity contribution in [3.8, 4) is 11.5 Å². The van der Waals surface area contributed by atoms with Gasteiger partial charge in [0.05, 0.1) is 11.3 Å². The zero-order chi connectivity index (χ0) is 20.1. The molecule has 2 N–H and O–H groups in total. The summed E-state index contributed by atoms with van der Waals surface area (Å²) in [7, 11) is -3.85. The Morgan fingerprint density at radius 2 is 1.86 bits per heavy atom. The molecule has 0 saturated heterocycles. The van der Waals surface area contributed by atoms with Crippen LogP contribution in [-0.2, 0) is 10.0 Å². The fraction of sp³-hybridized carbons (Fsp3) is 0.400. The van der Waals surface area contributed by atoms with Crippen LogP contribution < -0.4 is 4.72 Å². The average Bonchev–Trinajstić information content (AvgIpc) is 3.14. The van der Waals surface area contributed by atoms with Gasteiger partial charge in [-0.3, -0.25) is 4.72 Å². The molecule has 8 heteroatoms. The lowest BCUT2D eigenvalue weighted by Crippen LogP contribution is -2.15. The molecule has 0 aliphatic heterocycles. The first-order valence-electron chi connectivity index (χ1n) is 9.40. The number of nitrogens with one attached hydrogen (secondary N) is 2. The zero-order valence-electron chi connectivity index (χ0n) is 16.5. The van der Waals surface area contributed by atoms with Crippen LogP contribution in [0, 0.1) is 27.7 Å². The van der Waals surface area contributed by atoms with Crippen LogP contribution >= 0.6 is 0 Å². The van der Waals surface area contributed by atoms with Crippen molar-refractivity contribution in [2.45, 2.75) is 57.8 Å². The highest BCUT2D eigenvalue weighted by molar-refractivity contribution is 7.93. The molecule has 1 fully saturated rings. The predicted molar refractivity (Wildman–Crippen MR) is 107 cm³/mol. The van der Waals surface area contributed by atoms with Gasteiger partial charge in [0.2, 0.25) is 5.89 Å². The molecule has 0 radical (unpaired) electrons. The van der Waals surface area contributed by atoms with Crippen molar-refractivity contribution < 1.29 is 12.8 Å². The summed E-state index contributed by atoms with van der Waals surface area (Å²) in [5.41, 5.74) is 4.13. The summed E-state index contributed by atoms with van der Waals surface area (Å²) < 4.78 is 35.1. The molecule has 1 aliphatic carbocycles. The van der Waals surface area contributed by atoms with Gasteiger partial charge < -0.3 is 9.40 Å². The zero-order valence-corrected chi connectivity index (χ0v) is 17.3. The highest BCUT2D eigenvalue weighted by Gasteiger charge is 2.31. The van der Waals surface area contributed by atoms with Crippen molar-refractivity contribution in [1.82, 2.24) is 15.2 Å². The highest BCUT2D eigenvalue weighted by Crippen LogP contribution is 2.39. The smallest absolute Gasteiger partial charge is 0.264 e. The Balaban J connectivity index is 1.77. The SMILES string of the molecule is Cc1cccc(NS(=O)(=O)c2c(C)[nH]c(C)c2-c2nnc(C3CCC3)o2)c1C. The number of nitrogens with zero attached hydrogens (tertiary/aromatic N) is 2. The minimum atomic E-state index is -3.85. The van der Waals surface area contributed by atoms with Crippen LogP contribution in [0.3, 0.4) is 0 Å². The van der Waals surface area contributed by atoms with Gasteiger partial charge in [0, 0.05) is 17.3 Å². The number of H-pyrrole nitrogens is 1. The molecule has 2 aromatic heterocycles. The first kappa shape index (κ1) is 18.7. The van der Waals surface area contributed by atoms with E-state index in [4.69, 9.17) is 4.42 Å². The summed E-state index contributed by atoms with van der Waals surface area (Å²) in [6.07, 6.45) is 3.22. The molecule has 1 aromatic carbocycles. The maximum absolute atomic E-state index is 13.3. The van der Waals surface area contributed by atoms with Gasteiger partial charge in [-0.1, -0.05) is 18.6 Å². The Morgan fingerprint density at radius 3 is 2.54 bits per heavy atom. The molecule has 7 nitrogen and oxygen atoms in total. The van der Waals surface area contributed by atoms with Crippen LogP contribution in [0.5, 0.6) is 0 Å². The average molecular weight is 401 g/mol. The van der Waals surface area contributed by atoms with Crippen molar-refractivity contribution in [2.75, 3.05) is 4.72 Å². The summed E-state index contributed by atoms with van der Waals surface area (Å²) in [6, 6.07) is 5.54. The van der Waals surface area contributed by atoms with Crippen LogP contribution in [0.4, 0.5) is 5.69 Å². The number of anilines is 1. The fourth-order valence-electron chi connectivity index (χ4n) is 3.56. The molecule has 1 aliphatic rings. The van der Waals surface area contributed by atoms with E-state index < -0.39 is 10.0 Å². The van der Waals surface area contributed by atoms with Crippen molar-refractivity contribution >= 4 is 15.7 Å².